The molecular formula is C18H17NO2S2. The predicted octanol–water partition coefficient (Wildman–Crippen LogP) is 4.48. The molecule has 0 aromatic heterocycles. The second-order valence-corrected chi connectivity index (χ2v) is 6.78. The van der Waals surface area contributed by atoms with Gasteiger partial charge in [0, 0.05) is 13.1 Å². The highest BCUT2D eigenvalue weighted by atomic mass is 32.2. The maximum absolute atomic E-state index is 10.2. The fourth-order valence-corrected chi connectivity index (χ4v) is 3.39. The Balaban J connectivity index is 1.91. The molecule has 0 spiro atoms. The molecule has 3 nitrogen and oxygen atoms in total. The van der Waals surface area contributed by atoms with Gasteiger partial charge in [0.25, 0.3) is 0 Å². The van der Waals surface area contributed by atoms with Crippen molar-refractivity contribution in [3.05, 3.63) is 83.6 Å². The van der Waals surface area contributed by atoms with Crippen LogP contribution in [0.4, 0.5) is 0 Å². The minimum Gasteiger partial charge on any atom is -0.508 e. The summed E-state index contributed by atoms with van der Waals surface area (Å²) in [5.74, 6) is 0.148. The van der Waals surface area contributed by atoms with Crippen molar-refractivity contribution in [1.29, 1.82) is 0 Å². The molecule has 1 aliphatic heterocycles. The molecule has 0 radical (unpaired) electrons. The van der Waals surface area contributed by atoms with Crippen molar-refractivity contribution < 1.29 is 9.84 Å². The number of aliphatic hydroxyl groups excluding tert-OH is 1. The quantitative estimate of drug-likeness (QED) is 0.654. The third-order valence-corrected chi connectivity index (χ3v) is 5.11. The van der Waals surface area contributed by atoms with Gasteiger partial charge in [-0.2, -0.15) is 0 Å². The van der Waals surface area contributed by atoms with Crippen molar-refractivity contribution in [2.45, 2.75) is 11.5 Å². The number of benzene rings is 2. The van der Waals surface area contributed by atoms with Crippen molar-refractivity contribution in [3.63, 3.8) is 0 Å². The van der Waals surface area contributed by atoms with E-state index in [2.05, 4.69) is 0 Å². The lowest BCUT2D eigenvalue weighted by atomic mass is 10.0. The molecule has 0 bridgehead atoms. The average molecular weight is 343 g/mol. The van der Waals surface area contributed by atoms with Crippen LogP contribution in [0.5, 0.6) is 0 Å². The van der Waals surface area contributed by atoms with E-state index in [4.69, 9.17) is 17.0 Å². The Morgan fingerprint density at radius 3 is 2.09 bits per heavy atom. The van der Waals surface area contributed by atoms with Gasteiger partial charge >= 0.3 is 0 Å². The summed E-state index contributed by atoms with van der Waals surface area (Å²) in [6, 6.07) is 20.0. The fraction of sp³-hybridized carbons (Fsp3) is 0.167. The van der Waals surface area contributed by atoms with Crippen LogP contribution in [-0.4, -0.2) is 26.9 Å². The van der Waals surface area contributed by atoms with E-state index in [1.807, 2.05) is 72.0 Å². The largest absolute Gasteiger partial charge is 0.508 e. The monoisotopic (exact) mass is 343 g/mol. The summed E-state index contributed by atoms with van der Waals surface area (Å²) in [6.45, 7) is 0. The van der Waals surface area contributed by atoms with Gasteiger partial charge in [0.15, 0.2) is 5.44 Å². The van der Waals surface area contributed by atoms with Crippen LogP contribution in [0.1, 0.15) is 17.2 Å². The number of aliphatic hydroxyl groups is 1. The number of likely N-dealkylation sites (N-methyl/N-ethyl adjacent to an activating group) is 1. The minimum absolute atomic E-state index is 0.148. The lowest BCUT2D eigenvalue weighted by Crippen LogP contribution is -2.29. The molecule has 5 heteroatoms. The second kappa shape index (κ2) is 7.17. The summed E-state index contributed by atoms with van der Waals surface area (Å²) in [7, 11) is 1.87. The van der Waals surface area contributed by atoms with Crippen molar-refractivity contribution in [2.24, 2.45) is 0 Å². The van der Waals surface area contributed by atoms with E-state index in [1.165, 1.54) is 11.9 Å². The lowest BCUT2D eigenvalue weighted by molar-refractivity contribution is 0.0552. The van der Waals surface area contributed by atoms with E-state index in [9.17, 15) is 5.11 Å². The van der Waals surface area contributed by atoms with Gasteiger partial charge in [0.1, 0.15) is 16.9 Å². The van der Waals surface area contributed by atoms with Gasteiger partial charge in [-0.1, -0.05) is 72.9 Å². The van der Waals surface area contributed by atoms with Crippen LogP contribution in [0.25, 0.3) is 0 Å². The van der Waals surface area contributed by atoms with Crippen molar-refractivity contribution in [3.8, 4) is 0 Å². The van der Waals surface area contributed by atoms with Crippen LogP contribution in [0.15, 0.2) is 72.5 Å². The van der Waals surface area contributed by atoms with Gasteiger partial charge in [-0.25, -0.2) is 0 Å². The Morgan fingerprint density at radius 1 is 1.04 bits per heavy atom. The van der Waals surface area contributed by atoms with Crippen molar-refractivity contribution >= 4 is 29.2 Å². The van der Waals surface area contributed by atoms with Crippen LogP contribution >= 0.6 is 24.2 Å². The standard InChI is InChI=1S/C18H17NO2S2/c1-19-16(22)12-15(20)18(23-19)21-17(13-8-4-2-5-9-13)14-10-6-3-7-11-14/h2-12,17-18,20H,1H3. The van der Waals surface area contributed by atoms with Gasteiger partial charge in [-0.3, -0.25) is 0 Å². The topological polar surface area (TPSA) is 32.7 Å². The van der Waals surface area contributed by atoms with Crippen LogP contribution < -0.4 is 0 Å². The number of thiocarbonyl (C=S) groups is 1. The Bertz CT molecular complexity index is 664. The molecule has 0 fully saturated rings. The van der Waals surface area contributed by atoms with Gasteiger partial charge in [0.2, 0.25) is 0 Å². The molecule has 0 saturated carbocycles. The van der Waals surface area contributed by atoms with Gasteiger partial charge < -0.3 is 14.1 Å². The number of ether oxygens (including phenoxy) is 1. The summed E-state index contributed by atoms with van der Waals surface area (Å²) in [6.07, 6.45) is 1.31. The summed E-state index contributed by atoms with van der Waals surface area (Å²) >= 11 is 6.54. The summed E-state index contributed by atoms with van der Waals surface area (Å²) in [4.78, 5) is 0.586. The minimum atomic E-state index is -0.489. The Hall–Kier alpha value is -1.82. The molecule has 23 heavy (non-hydrogen) atoms. The van der Waals surface area contributed by atoms with Crippen LogP contribution in [0.3, 0.4) is 0 Å². The van der Waals surface area contributed by atoms with E-state index in [0.29, 0.717) is 4.99 Å². The van der Waals surface area contributed by atoms with E-state index in [1.54, 1.807) is 6.08 Å². The number of hydrogen-bond acceptors (Lipinski definition) is 4. The third-order valence-electron chi connectivity index (χ3n) is 3.54. The molecule has 3 rings (SSSR count). The molecule has 0 amide bonds. The molecule has 118 valence electrons. The van der Waals surface area contributed by atoms with Gasteiger partial charge in [-0.05, 0) is 23.1 Å². The second-order valence-electron chi connectivity index (χ2n) is 5.18. The molecule has 2 aromatic carbocycles. The van der Waals surface area contributed by atoms with E-state index >= 15 is 0 Å². The van der Waals surface area contributed by atoms with Crippen LogP contribution in [0, 0.1) is 0 Å². The summed E-state index contributed by atoms with van der Waals surface area (Å²) in [5, 5.41) is 10.2. The zero-order chi connectivity index (χ0) is 16.2. The van der Waals surface area contributed by atoms with E-state index < -0.39 is 5.44 Å². The molecule has 1 unspecified atom stereocenters. The molecule has 0 aliphatic carbocycles. The SMILES string of the molecule is CN1SC(OC(c2ccccc2)c2ccccc2)C(O)=CC1=S. The van der Waals surface area contributed by atoms with Crippen LogP contribution in [0.2, 0.25) is 0 Å². The normalized spacial score (nSPS) is 18.2. The molecule has 1 aliphatic rings. The average Bonchev–Trinajstić information content (AvgIpc) is 2.58. The van der Waals surface area contributed by atoms with Crippen LogP contribution in [-0.2, 0) is 4.74 Å². The Morgan fingerprint density at radius 2 is 1.57 bits per heavy atom. The highest BCUT2D eigenvalue weighted by Crippen LogP contribution is 2.35. The first-order valence-electron chi connectivity index (χ1n) is 7.25. The van der Waals surface area contributed by atoms with E-state index in [-0.39, 0.29) is 11.9 Å². The number of nitrogens with zero attached hydrogens (tertiary/aromatic N) is 1. The fourth-order valence-electron chi connectivity index (χ4n) is 2.36. The highest BCUT2D eigenvalue weighted by molar-refractivity contribution is 7.99. The zero-order valence-electron chi connectivity index (χ0n) is 12.6. The molecular weight excluding hydrogens is 326 g/mol. The number of hydrogen-bond donors (Lipinski definition) is 1. The lowest BCUT2D eigenvalue weighted by Gasteiger charge is -2.31. The third kappa shape index (κ3) is 3.75. The highest BCUT2D eigenvalue weighted by Gasteiger charge is 2.29. The molecule has 1 heterocycles. The first-order chi connectivity index (χ1) is 11.1. The van der Waals surface area contributed by atoms with Crippen molar-refractivity contribution in [1.82, 2.24) is 4.31 Å². The first-order valence-corrected chi connectivity index (χ1v) is 8.50. The summed E-state index contributed by atoms with van der Waals surface area (Å²) < 4.78 is 8.06. The predicted molar refractivity (Wildman–Crippen MR) is 98.3 cm³/mol. The Labute approximate surface area is 145 Å². The Kier molecular flexibility index (Phi) is 5.00. The zero-order valence-corrected chi connectivity index (χ0v) is 14.3. The van der Waals surface area contributed by atoms with Gasteiger partial charge in [0.05, 0.1) is 0 Å². The number of rotatable bonds is 4. The molecule has 1 atom stereocenters. The smallest absolute Gasteiger partial charge is 0.180 e. The molecule has 2 aromatic rings. The molecule has 0 saturated heterocycles. The first kappa shape index (κ1) is 16.1. The summed E-state index contributed by atoms with van der Waals surface area (Å²) in [5.41, 5.74) is 1.60. The maximum atomic E-state index is 10.2. The van der Waals surface area contributed by atoms with Gasteiger partial charge in [-0.15, -0.1) is 0 Å². The van der Waals surface area contributed by atoms with Crippen molar-refractivity contribution in [2.75, 3.05) is 7.05 Å². The maximum Gasteiger partial charge on any atom is 0.180 e. The molecule has 1 N–H and O–H groups in total. The van der Waals surface area contributed by atoms with E-state index in [0.717, 1.165) is 11.1 Å².